The van der Waals surface area contributed by atoms with Crippen LogP contribution in [0.1, 0.15) is 22.6 Å². The Morgan fingerprint density at radius 1 is 0.935 bits per heavy atom. The topological polar surface area (TPSA) is 107 Å². The number of benzene rings is 2. The second-order valence-electron chi connectivity index (χ2n) is 6.96. The van der Waals surface area contributed by atoms with Gasteiger partial charge in [-0.15, -0.1) is 0 Å². The third kappa shape index (κ3) is 4.95. The van der Waals surface area contributed by atoms with Crippen molar-refractivity contribution in [3.8, 4) is 11.5 Å². The molecule has 0 atom stereocenters. The number of carbonyl (C=O) groups excluding carboxylic acids is 1. The van der Waals surface area contributed by atoms with E-state index >= 15 is 0 Å². The first-order valence-corrected chi connectivity index (χ1v) is 11.2. The van der Waals surface area contributed by atoms with Crippen LogP contribution in [0.4, 0.5) is 11.4 Å². The molecule has 31 heavy (non-hydrogen) atoms. The summed E-state index contributed by atoms with van der Waals surface area (Å²) in [7, 11) is -3.83. The summed E-state index contributed by atoms with van der Waals surface area (Å²) < 4.78 is 39.2. The lowest BCUT2D eigenvalue weighted by Crippen LogP contribution is -2.15. The minimum absolute atomic E-state index is 0.0691. The van der Waals surface area contributed by atoms with E-state index in [1.807, 2.05) is 0 Å². The number of ether oxygens (including phenoxy) is 2. The Morgan fingerprint density at radius 3 is 2.39 bits per heavy atom. The number of amides is 1. The Morgan fingerprint density at radius 2 is 1.65 bits per heavy atom. The Bertz CT molecular complexity index is 1210. The van der Waals surface area contributed by atoms with Crippen LogP contribution in [0.3, 0.4) is 0 Å². The van der Waals surface area contributed by atoms with Crippen molar-refractivity contribution >= 4 is 27.3 Å². The van der Waals surface area contributed by atoms with Crippen LogP contribution in [-0.2, 0) is 10.0 Å². The molecule has 0 saturated carbocycles. The summed E-state index contributed by atoms with van der Waals surface area (Å²) in [5, 5.41) is 2.74. The second-order valence-corrected chi connectivity index (χ2v) is 8.64. The highest BCUT2D eigenvalue weighted by Gasteiger charge is 2.19. The van der Waals surface area contributed by atoms with Gasteiger partial charge in [-0.3, -0.25) is 9.52 Å². The van der Waals surface area contributed by atoms with Crippen LogP contribution in [0.5, 0.6) is 11.5 Å². The largest absolute Gasteiger partial charge is 0.490 e. The predicted molar refractivity (Wildman–Crippen MR) is 116 cm³/mol. The lowest BCUT2D eigenvalue weighted by molar-refractivity contribution is 0.102. The molecule has 0 unspecified atom stereocenters. The van der Waals surface area contributed by atoms with Gasteiger partial charge in [0.15, 0.2) is 11.5 Å². The number of rotatable bonds is 5. The Kier molecular flexibility index (Phi) is 5.77. The summed E-state index contributed by atoms with van der Waals surface area (Å²) in [4.78, 5) is 16.6. The first-order valence-electron chi connectivity index (χ1n) is 9.68. The molecule has 2 aromatic carbocycles. The van der Waals surface area contributed by atoms with E-state index in [4.69, 9.17) is 9.47 Å². The normalized spacial score (nSPS) is 13.2. The van der Waals surface area contributed by atoms with Gasteiger partial charge in [0.1, 0.15) is 5.69 Å². The van der Waals surface area contributed by atoms with Crippen molar-refractivity contribution in [1.82, 2.24) is 4.98 Å². The zero-order valence-electron chi connectivity index (χ0n) is 16.8. The number of anilines is 2. The quantitative estimate of drug-likeness (QED) is 0.629. The number of fused-ring (bicyclic) bond motifs is 1. The van der Waals surface area contributed by atoms with E-state index in [2.05, 4.69) is 15.0 Å². The molecule has 0 spiro atoms. The third-order valence-corrected chi connectivity index (χ3v) is 5.92. The molecule has 2 N–H and O–H groups in total. The zero-order valence-corrected chi connectivity index (χ0v) is 17.6. The van der Waals surface area contributed by atoms with Gasteiger partial charge in [0, 0.05) is 29.6 Å². The van der Waals surface area contributed by atoms with Crippen LogP contribution in [-0.4, -0.2) is 32.5 Å². The highest BCUT2D eigenvalue weighted by Crippen LogP contribution is 2.32. The molecule has 0 aliphatic carbocycles. The van der Waals surface area contributed by atoms with E-state index in [9.17, 15) is 13.2 Å². The molecule has 0 fully saturated rings. The van der Waals surface area contributed by atoms with Gasteiger partial charge in [-0.2, -0.15) is 0 Å². The van der Waals surface area contributed by atoms with Crippen molar-refractivity contribution in [2.75, 3.05) is 23.3 Å². The van der Waals surface area contributed by atoms with Crippen LogP contribution >= 0.6 is 0 Å². The maximum Gasteiger partial charge on any atom is 0.274 e. The first kappa shape index (κ1) is 20.7. The minimum atomic E-state index is -3.83. The number of nitrogens with zero attached hydrogens (tertiary/aromatic N) is 1. The molecule has 1 amide bonds. The van der Waals surface area contributed by atoms with E-state index in [-0.39, 0.29) is 10.8 Å². The van der Waals surface area contributed by atoms with E-state index in [0.717, 1.165) is 12.1 Å². The molecule has 4 rings (SSSR count). The fraction of sp³-hybridized carbons (Fsp3) is 0.182. The molecule has 0 saturated heterocycles. The maximum absolute atomic E-state index is 12.8. The summed E-state index contributed by atoms with van der Waals surface area (Å²) in [5.74, 6) is 0.590. The molecule has 0 bridgehead atoms. The molecule has 0 radical (unpaired) electrons. The van der Waals surface area contributed by atoms with Gasteiger partial charge in [0.2, 0.25) is 0 Å². The van der Waals surface area contributed by atoms with Crippen LogP contribution < -0.4 is 19.5 Å². The summed E-state index contributed by atoms with van der Waals surface area (Å²) in [6.07, 6.45) is 0.734. The highest BCUT2D eigenvalue weighted by atomic mass is 32.2. The monoisotopic (exact) mass is 439 g/mol. The van der Waals surface area contributed by atoms with E-state index in [1.54, 1.807) is 55.5 Å². The molecule has 8 nitrogen and oxygen atoms in total. The van der Waals surface area contributed by atoms with E-state index in [1.165, 1.54) is 12.1 Å². The van der Waals surface area contributed by atoms with E-state index in [0.29, 0.717) is 41.8 Å². The van der Waals surface area contributed by atoms with E-state index < -0.39 is 10.0 Å². The van der Waals surface area contributed by atoms with Crippen molar-refractivity contribution in [2.45, 2.75) is 18.2 Å². The number of pyridine rings is 1. The summed E-state index contributed by atoms with van der Waals surface area (Å²) >= 11 is 0. The average molecular weight is 439 g/mol. The summed E-state index contributed by atoms with van der Waals surface area (Å²) in [6, 6.07) is 16.1. The van der Waals surface area contributed by atoms with Crippen molar-refractivity contribution in [1.29, 1.82) is 0 Å². The Hall–Kier alpha value is -3.59. The SMILES string of the molecule is Cc1cccc(C(=O)Nc2ccc(NS(=O)(=O)c3ccc4c(c3)OCCCO4)cc2)n1. The Labute approximate surface area is 180 Å². The number of carbonyl (C=O) groups is 1. The number of sulfonamides is 1. The van der Waals surface area contributed by atoms with Crippen molar-refractivity contribution in [3.63, 3.8) is 0 Å². The fourth-order valence-electron chi connectivity index (χ4n) is 3.01. The maximum atomic E-state index is 12.8. The molecule has 160 valence electrons. The van der Waals surface area contributed by atoms with Crippen molar-refractivity contribution in [3.05, 3.63) is 72.1 Å². The molecule has 2 heterocycles. The van der Waals surface area contributed by atoms with Crippen LogP contribution in [0.15, 0.2) is 65.6 Å². The average Bonchev–Trinajstić information content (AvgIpc) is 3.00. The number of hydrogen-bond acceptors (Lipinski definition) is 6. The van der Waals surface area contributed by atoms with Gasteiger partial charge in [-0.25, -0.2) is 13.4 Å². The fourth-order valence-corrected chi connectivity index (χ4v) is 4.08. The minimum Gasteiger partial charge on any atom is -0.490 e. The molecule has 1 aromatic heterocycles. The molecule has 1 aliphatic rings. The van der Waals surface area contributed by atoms with Crippen LogP contribution in [0, 0.1) is 6.92 Å². The number of aromatic nitrogens is 1. The predicted octanol–water partition coefficient (Wildman–Crippen LogP) is 3.60. The molecule has 9 heteroatoms. The zero-order chi connectivity index (χ0) is 21.8. The third-order valence-electron chi connectivity index (χ3n) is 4.55. The molecular formula is C22H21N3O5S. The van der Waals surface area contributed by atoms with Crippen LogP contribution in [0.2, 0.25) is 0 Å². The van der Waals surface area contributed by atoms with Crippen LogP contribution in [0.25, 0.3) is 0 Å². The van der Waals surface area contributed by atoms with Gasteiger partial charge in [-0.1, -0.05) is 6.07 Å². The molecular weight excluding hydrogens is 418 g/mol. The first-order chi connectivity index (χ1) is 14.9. The van der Waals surface area contributed by atoms with Crippen molar-refractivity contribution < 1.29 is 22.7 Å². The van der Waals surface area contributed by atoms with Gasteiger partial charge in [-0.05, 0) is 55.5 Å². The lowest BCUT2D eigenvalue weighted by Gasteiger charge is -2.12. The van der Waals surface area contributed by atoms with Gasteiger partial charge < -0.3 is 14.8 Å². The van der Waals surface area contributed by atoms with Gasteiger partial charge in [0.05, 0.1) is 18.1 Å². The highest BCUT2D eigenvalue weighted by molar-refractivity contribution is 7.92. The lowest BCUT2D eigenvalue weighted by atomic mass is 10.2. The molecule has 1 aliphatic heterocycles. The number of nitrogens with one attached hydrogen (secondary N) is 2. The van der Waals surface area contributed by atoms with Crippen molar-refractivity contribution in [2.24, 2.45) is 0 Å². The Balaban J connectivity index is 1.46. The number of aryl methyl sites for hydroxylation is 1. The van der Waals surface area contributed by atoms with Gasteiger partial charge in [0.25, 0.3) is 15.9 Å². The second kappa shape index (κ2) is 8.65. The molecule has 3 aromatic rings. The standard InChI is InChI=1S/C22H21N3O5S/c1-15-4-2-5-19(23-15)22(26)24-16-6-8-17(9-7-16)25-31(27,28)18-10-11-20-21(14-18)30-13-3-12-29-20/h2,4-11,14,25H,3,12-13H2,1H3,(H,24,26). The smallest absolute Gasteiger partial charge is 0.274 e. The summed E-state index contributed by atoms with van der Waals surface area (Å²) in [6.45, 7) is 2.80. The summed E-state index contributed by atoms with van der Waals surface area (Å²) in [5.41, 5.74) is 1.93. The number of hydrogen-bond donors (Lipinski definition) is 2. The van der Waals surface area contributed by atoms with Gasteiger partial charge >= 0.3 is 0 Å².